The van der Waals surface area contributed by atoms with E-state index in [0.717, 1.165) is 38.5 Å². The van der Waals surface area contributed by atoms with Crippen molar-refractivity contribution in [3.63, 3.8) is 0 Å². The second kappa shape index (κ2) is 4.81. The highest BCUT2D eigenvalue weighted by atomic mass is 16.3. The van der Waals surface area contributed by atoms with E-state index in [4.69, 9.17) is 0 Å². The minimum atomic E-state index is -0.678. The van der Waals surface area contributed by atoms with Gasteiger partial charge in [0.1, 0.15) is 0 Å². The van der Waals surface area contributed by atoms with Crippen molar-refractivity contribution in [3.05, 3.63) is 24.3 Å². The standard InChI is InChI=1S/C21H30O2/c1-4-21(23)12-9-18-16-6-5-14-13-15(22)7-10-19(14,2)17(16)8-11-20(18,21)3/h4,13,16-18,23H,1,5-12H2,2-3H3/t16-,17-,18-,19+,20+,21+/m1/s1. The third kappa shape index (κ3) is 1.88. The van der Waals surface area contributed by atoms with Gasteiger partial charge < -0.3 is 5.11 Å². The summed E-state index contributed by atoms with van der Waals surface area (Å²) in [5.41, 5.74) is 0.975. The Kier molecular flexibility index (Phi) is 3.27. The van der Waals surface area contributed by atoms with E-state index < -0.39 is 5.60 Å². The maximum absolute atomic E-state index is 11.9. The number of carbonyl (C=O) groups excluding carboxylic acids is 1. The lowest BCUT2D eigenvalue weighted by Crippen LogP contribution is -2.54. The lowest BCUT2D eigenvalue weighted by Gasteiger charge is -2.58. The Hall–Kier alpha value is -0.890. The quantitative estimate of drug-likeness (QED) is 0.727. The van der Waals surface area contributed by atoms with Gasteiger partial charge in [-0.1, -0.05) is 25.5 Å². The number of rotatable bonds is 1. The molecule has 0 spiro atoms. The zero-order valence-electron chi connectivity index (χ0n) is 14.6. The van der Waals surface area contributed by atoms with E-state index in [1.165, 1.54) is 18.4 Å². The molecule has 0 unspecified atom stereocenters. The number of aliphatic hydroxyl groups is 1. The number of hydrogen-bond acceptors (Lipinski definition) is 2. The summed E-state index contributed by atoms with van der Waals surface area (Å²) in [5.74, 6) is 2.35. The first-order chi connectivity index (χ1) is 10.8. The predicted octanol–water partition coefficient (Wildman–Crippen LogP) is 4.44. The first-order valence-electron chi connectivity index (χ1n) is 9.44. The van der Waals surface area contributed by atoms with Gasteiger partial charge in [0.2, 0.25) is 0 Å². The third-order valence-electron chi connectivity index (χ3n) is 8.51. The summed E-state index contributed by atoms with van der Waals surface area (Å²) in [6.45, 7) is 8.67. The summed E-state index contributed by atoms with van der Waals surface area (Å²) in [5, 5.41) is 11.1. The molecule has 0 amide bonds. The molecule has 6 atom stereocenters. The molecule has 2 nitrogen and oxygen atoms in total. The molecule has 0 bridgehead atoms. The predicted molar refractivity (Wildman–Crippen MR) is 91.9 cm³/mol. The smallest absolute Gasteiger partial charge is 0.155 e. The van der Waals surface area contributed by atoms with Crippen molar-refractivity contribution in [3.8, 4) is 0 Å². The van der Waals surface area contributed by atoms with E-state index in [1.54, 1.807) is 0 Å². The summed E-state index contributed by atoms with van der Waals surface area (Å²) < 4.78 is 0. The van der Waals surface area contributed by atoms with Gasteiger partial charge in [0.25, 0.3) is 0 Å². The van der Waals surface area contributed by atoms with Crippen molar-refractivity contribution < 1.29 is 9.90 Å². The van der Waals surface area contributed by atoms with Crippen LogP contribution in [0.2, 0.25) is 0 Å². The van der Waals surface area contributed by atoms with Crippen LogP contribution in [-0.2, 0) is 4.79 Å². The van der Waals surface area contributed by atoms with Gasteiger partial charge in [-0.15, -0.1) is 6.58 Å². The molecule has 3 saturated carbocycles. The Morgan fingerprint density at radius 3 is 2.61 bits per heavy atom. The van der Waals surface area contributed by atoms with E-state index in [9.17, 15) is 9.90 Å². The van der Waals surface area contributed by atoms with E-state index in [1.807, 2.05) is 12.2 Å². The van der Waals surface area contributed by atoms with Crippen molar-refractivity contribution >= 4 is 5.78 Å². The van der Waals surface area contributed by atoms with Crippen LogP contribution < -0.4 is 0 Å². The SMILES string of the molecule is C=C[C@]1(O)CC[C@@H]2[C@@H]3CCC4=CC(=O)CC[C@]4(C)[C@@H]3CC[C@@]21C. The molecule has 4 aliphatic carbocycles. The van der Waals surface area contributed by atoms with Gasteiger partial charge in [-0.05, 0) is 74.2 Å². The maximum Gasteiger partial charge on any atom is 0.155 e. The molecule has 0 aromatic carbocycles. The minimum absolute atomic E-state index is 0.00200. The first-order valence-corrected chi connectivity index (χ1v) is 9.44. The van der Waals surface area contributed by atoms with Crippen LogP contribution in [0.1, 0.15) is 65.2 Å². The van der Waals surface area contributed by atoms with Crippen molar-refractivity contribution in [1.82, 2.24) is 0 Å². The van der Waals surface area contributed by atoms with Gasteiger partial charge in [-0.2, -0.15) is 0 Å². The molecule has 126 valence electrons. The molecule has 1 N–H and O–H groups in total. The highest BCUT2D eigenvalue weighted by molar-refractivity contribution is 5.91. The summed E-state index contributed by atoms with van der Waals surface area (Å²) in [6, 6.07) is 0. The molecule has 3 fully saturated rings. The lowest BCUT2D eigenvalue weighted by molar-refractivity contribution is -0.120. The minimum Gasteiger partial charge on any atom is -0.385 e. The van der Waals surface area contributed by atoms with E-state index in [0.29, 0.717) is 23.5 Å². The second-order valence-electron chi connectivity index (χ2n) is 9.09. The van der Waals surface area contributed by atoms with Gasteiger partial charge in [-0.25, -0.2) is 0 Å². The van der Waals surface area contributed by atoms with Crippen LogP contribution in [0.4, 0.5) is 0 Å². The third-order valence-corrected chi connectivity index (χ3v) is 8.51. The number of ketones is 1. The molecule has 0 radical (unpaired) electrons. The molecule has 2 heteroatoms. The van der Waals surface area contributed by atoms with Gasteiger partial charge >= 0.3 is 0 Å². The lowest BCUT2D eigenvalue weighted by atomic mass is 9.46. The van der Waals surface area contributed by atoms with Gasteiger partial charge in [0, 0.05) is 11.8 Å². The number of allylic oxidation sites excluding steroid dienone is 1. The molecule has 0 saturated heterocycles. The van der Waals surface area contributed by atoms with Crippen LogP contribution in [0.5, 0.6) is 0 Å². The van der Waals surface area contributed by atoms with Gasteiger partial charge in [0.05, 0.1) is 5.60 Å². The fourth-order valence-electron chi connectivity index (χ4n) is 6.95. The largest absolute Gasteiger partial charge is 0.385 e. The zero-order chi connectivity index (χ0) is 16.5. The molecule has 0 heterocycles. The molecular formula is C21H30O2. The van der Waals surface area contributed by atoms with Crippen LogP contribution in [-0.4, -0.2) is 16.5 Å². The Morgan fingerprint density at radius 1 is 1.13 bits per heavy atom. The van der Waals surface area contributed by atoms with Crippen molar-refractivity contribution in [1.29, 1.82) is 0 Å². The highest BCUT2D eigenvalue weighted by Crippen LogP contribution is 2.67. The number of fused-ring (bicyclic) bond motifs is 5. The molecule has 0 aromatic heterocycles. The highest BCUT2D eigenvalue weighted by Gasteiger charge is 2.62. The van der Waals surface area contributed by atoms with Crippen LogP contribution in [0.3, 0.4) is 0 Å². The van der Waals surface area contributed by atoms with E-state index in [-0.39, 0.29) is 10.8 Å². The molecule has 0 aliphatic heterocycles. The fourth-order valence-corrected chi connectivity index (χ4v) is 6.95. The first kappa shape index (κ1) is 15.6. The van der Waals surface area contributed by atoms with Gasteiger partial charge in [0.15, 0.2) is 5.78 Å². The average molecular weight is 314 g/mol. The van der Waals surface area contributed by atoms with E-state index in [2.05, 4.69) is 20.4 Å². The molecule has 4 aliphatic rings. The van der Waals surface area contributed by atoms with Crippen molar-refractivity contribution in [2.24, 2.45) is 28.6 Å². The second-order valence-corrected chi connectivity index (χ2v) is 9.09. The Balaban J connectivity index is 1.70. The number of hydrogen-bond donors (Lipinski definition) is 1. The summed E-state index contributed by atoms with van der Waals surface area (Å²) in [6.07, 6.45) is 12.1. The van der Waals surface area contributed by atoms with Crippen LogP contribution >= 0.6 is 0 Å². The number of carbonyl (C=O) groups is 1. The van der Waals surface area contributed by atoms with E-state index >= 15 is 0 Å². The summed E-state index contributed by atoms with van der Waals surface area (Å²) in [4.78, 5) is 11.9. The monoisotopic (exact) mass is 314 g/mol. The van der Waals surface area contributed by atoms with Crippen LogP contribution in [0.25, 0.3) is 0 Å². The normalized spacial score (nSPS) is 52.2. The Labute approximate surface area is 140 Å². The zero-order valence-corrected chi connectivity index (χ0v) is 14.6. The summed E-state index contributed by atoms with van der Waals surface area (Å²) in [7, 11) is 0. The Bertz CT molecular complexity index is 591. The van der Waals surface area contributed by atoms with Crippen molar-refractivity contribution in [2.45, 2.75) is 70.8 Å². The topological polar surface area (TPSA) is 37.3 Å². The maximum atomic E-state index is 11.9. The molecule has 0 aromatic rings. The molecule has 4 rings (SSSR count). The van der Waals surface area contributed by atoms with Gasteiger partial charge in [-0.3, -0.25) is 4.79 Å². The van der Waals surface area contributed by atoms with Crippen molar-refractivity contribution in [2.75, 3.05) is 0 Å². The fraction of sp³-hybridized carbons (Fsp3) is 0.762. The van der Waals surface area contributed by atoms with Crippen LogP contribution in [0, 0.1) is 28.6 Å². The summed E-state index contributed by atoms with van der Waals surface area (Å²) >= 11 is 0. The Morgan fingerprint density at radius 2 is 1.87 bits per heavy atom. The molecular weight excluding hydrogens is 284 g/mol. The average Bonchev–Trinajstić information content (AvgIpc) is 2.80. The van der Waals surface area contributed by atoms with Crippen LogP contribution in [0.15, 0.2) is 24.3 Å². The molecule has 23 heavy (non-hydrogen) atoms.